The molecule has 0 unspecified atom stereocenters. The maximum absolute atomic E-state index is 13.9. The van der Waals surface area contributed by atoms with Crippen molar-refractivity contribution < 1.29 is 22.7 Å². The molecule has 37 heavy (non-hydrogen) atoms. The fourth-order valence-electron chi connectivity index (χ4n) is 5.19. The Morgan fingerprint density at radius 2 is 1.76 bits per heavy atom. The van der Waals surface area contributed by atoms with E-state index in [4.69, 9.17) is 4.74 Å². The number of sulfonamides is 1. The van der Waals surface area contributed by atoms with Crippen molar-refractivity contribution in [2.24, 2.45) is 5.92 Å². The molecule has 0 aromatic heterocycles. The lowest BCUT2D eigenvalue weighted by molar-refractivity contribution is 0.0975. The van der Waals surface area contributed by atoms with Crippen LogP contribution in [0.15, 0.2) is 47.4 Å². The maximum atomic E-state index is 13.9. The highest BCUT2D eigenvalue weighted by Gasteiger charge is 2.34. The Morgan fingerprint density at radius 3 is 2.35 bits per heavy atom. The fourth-order valence-corrected chi connectivity index (χ4v) is 6.85. The molecule has 0 spiro atoms. The van der Waals surface area contributed by atoms with Crippen LogP contribution in [0.3, 0.4) is 0 Å². The Morgan fingerprint density at radius 1 is 1.08 bits per heavy atom. The molecule has 200 valence electrons. The molecule has 2 aliphatic heterocycles. The zero-order valence-electron chi connectivity index (χ0n) is 22.1. The zero-order chi connectivity index (χ0) is 26.7. The molecular formula is C28H37N3O5S. The Bertz CT molecular complexity index is 1230. The van der Waals surface area contributed by atoms with Gasteiger partial charge in [-0.15, -0.1) is 0 Å². The quantitative estimate of drug-likeness (QED) is 0.518. The van der Waals surface area contributed by atoms with Crippen molar-refractivity contribution in [2.45, 2.75) is 57.4 Å². The highest BCUT2D eigenvalue weighted by atomic mass is 32.2. The lowest BCUT2D eigenvalue weighted by atomic mass is 9.95. The van der Waals surface area contributed by atoms with Crippen LogP contribution >= 0.6 is 0 Å². The van der Waals surface area contributed by atoms with E-state index in [1.165, 1.54) is 11.4 Å². The molecule has 0 radical (unpaired) electrons. The second kappa shape index (κ2) is 11.1. The van der Waals surface area contributed by atoms with Crippen LogP contribution in [0, 0.1) is 5.92 Å². The molecule has 0 saturated carbocycles. The van der Waals surface area contributed by atoms with Crippen molar-refractivity contribution in [2.75, 3.05) is 42.5 Å². The van der Waals surface area contributed by atoms with Gasteiger partial charge in [-0.05, 0) is 61.1 Å². The number of nitrogens with zero attached hydrogens (tertiary/aromatic N) is 3. The topological polar surface area (TPSA) is 87.2 Å². The van der Waals surface area contributed by atoms with Crippen LogP contribution in [0.4, 0.5) is 16.2 Å². The number of ketones is 1. The van der Waals surface area contributed by atoms with Gasteiger partial charge in [0.2, 0.25) is 0 Å². The first-order chi connectivity index (χ1) is 17.6. The third kappa shape index (κ3) is 5.61. The van der Waals surface area contributed by atoms with Crippen LogP contribution < -0.4 is 9.21 Å². The summed E-state index contributed by atoms with van der Waals surface area (Å²) < 4.78 is 34.0. The number of benzene rings is 2. The average molecular weight is 528 g/mol. The number of hydrogen-bond donors (Lipinski definition) is 0. The van der Waals surface area contributed by atoms with Gasteiger partial charge in [0.05, 0.1) is 17.7 Å². The first kappa shape index (κ1) is 27.0. The number of methoxy groups -OCH3 is 1. The summed E-state index contributed by atoms with van der Waals surface area (Å²) in [6.45, 7) is 8.14. The molecule has 0 N–H and O–H groups in total. The zero-order valence-corrected chi connectivity index (χ0v) is 23.0. The van der Waals surface area contributed by atoms with E-state index in [9.17, 15) is 18.0 Å². The van der Waals surface area contributed by atoms with Gasteiger partial charge in [0.15, 0.2) is 5.78 Å². The number of ether oxygens (including phenoxy) is 1. The molecule has 1 amide bonds. The summed E-state index contributed by atoms with van der Waals surface area (Å²) in [6.07, 6.45) is 2.42. The molecule has 2 aromatic rings. The molecule has 4 rings (SSSR count). The van der Waals surface area contributed by atoms with Gasteiger partial charge < -0.3 is 14.5 Å². The van der Waals surface area contributed by atoms with Crippen LogP contribution in [0.25, 0.3) is 0 Å². The summed E-state index contributed by atoms with van der Waals surface area (Å²) in [6, 6.07) is 12.7. The normalized spacial score (nSPS) is 16.6. The number of carbonyl (C=O) groups is 2. The van der Waals surface area contributed by atoms with Crippen LogP contribution in [0.2, 0.25) is 0 Å². The van der Waals surface area contributed by atoms with Gasteiger partial charge in [0.1, 0.15) is 0 Å². The number of rotatable bonds is 7. The number of Topliss-reactive ketones (excluding diaryl/α,β-unsaturated/α-hetero) is 1. The Kier molecular flexibility index (Phi) is 8.11. The Hall–Kier alpha value is -3.07. The van der Waals surface area contributed by atoms with Gasteiger partial charge in [-0.3, -0.25) is 9.10 Å². The minimum atomic E-state index is -3.88. The smallest absolute Gasteiger partial charge is 0.409 e. The minimum absolute atomic E-state index is 0.0435. The molecule has 1 saturated heterocycles. The minimum Gasteiger partial charge on any atom is -0.453 e. The lowest BCUT2D eigenvalue weighted by Crippen LogP contribution is -2.48. The van der Waals surface area contributed by atoms with E-state index >= 15 is 0 Å². The third-order valence-electron chi connectivity index (χ3n) is 7.25. The van der Waals surface area contributed by atoms with Crippen LogP contribution in [0.5, 0.6) is 0 Å². The highest BCUT2D eigenvalue weighted by molar-refractivity contribution is 7.92. The van der Waals surface area contributed by atoms with Crippen molar-refractivity contribution in [1.29, 1.82) is 0 Å². The van der Waals surface area contributed by atoms with Crippen molar-refractivity contribution in [3.63, 3.8) is 0 Å². The SMILES string of the molecule is CCc1ccc(N(CC(C)C)S(=O)(=O)c2ccc3c(c2)C(=O)CCN3C2CCN(C(=O)OC)CC2)cc1. The summed E-state index contributed by atoms with van der Waals surface area (Å²) in [5, 5.41) is 0. The number of aryl methyl sites for hydroxylation is 1. The largest absolute Gasteiger partial charge is 0.453 e. The second-order valence-electron chi connectivity index (χ2n) is 10.2. The predicted molar refractivity (Wildman–Crippen MR) is 145 cm³/mol. The monoisotopic (exact) mass is 527 g/mol. The summed E-state index contributed by atoms with van der Waals surface area (Å²) in [7, 11) is -2.50. The van der Waals surface area contributed by atoms with E-state index in [0.717, 1.165) is 30.5 Å². The number of likely N-dealkylation sites (tertiary alicyclic amines) is 1. The predicted octanol–water partition coefficient (Wildman–Crippen LogP) is 4.72. The van der Waals surface area contributed by atoms with E-state index in [1.54, 1.807) is 23.1 Å². The van der Waals surface area contributed by atoms with Crippen molar-refractivity contribution in [1.82, 2.24) is 4.90 Å². The van der Waals surface area contributed by atoms with Gasteiger partial charge in [-0.1, -0.05) is 32.9 Å². The number of carbonyl (C=O) groups excluding carboxylic acids is 2. The fraction of sp³-hybridized carbons (Fsp3) is 0.500. The van der Waals surface area contributed by atoms with Crippen molar-refractivity contribution >= 4 is 33.3 Å². The Balaban J connectivity index is 1.63. The molecule has 2 aromatic carbocycles. The van der Waals surface area contributed by atoms with Crippen molar-refractivity contribution in [3.05, 3.63) is 53.6 Å². The summed E-state index contributed by atoms with van der Waals surface area (Å²) in [5.74, 6) is 0.0734. The van der Waals surface area contributed by atoms with Gasteiger partial charge >= 0.3 is 6.09 Å². The molecule has 0 aliphatic carbocycles. The molecule has 8 nitrogen and oxygen atoms in total. The van der Waals surface area contributed by atoms with Crippen LogP contribution in [-0.2, 0) is 21.2 Å². The molecule has 2 heterocycles. The van der Waals surface area contributed by atoms with E-state index in [0.29, 0.717) is 43.9 Å². The first-order valence-electron chi connectivity index (χ1n) is 13.0. The first-order valence-corrected chi connectivity index (χ1v) is 14.5. The summed E-state index contributed by atoms with van der Waals surface area (Å²) in [5.41, 5.74) is 2.99. The molecule has 9 heteroatoms. The average Bonchev–Trinajstić information content (AvgIpc) is 2.91. The van der Waals surface area contributed by atoms with Crippen LogP contribution in [0.1, 0.15) is 56.0 Å². The van der Waals surface area contributed by atoms with Gasteiger partial charge in [0, 0.05) is 49.9 Å². The Labute approximate surface area is 220 Å². The van der Waals surface area contributed by atoms with Gasteiger partial charge in [-0.2, -0.15) is 0 Å². The lowest BCUT2D eigenvalue weighted by Gasteiger charge is -2.41. The molecule has 2 aliphatic rings. The van der Waals surface area contributed by atoms with E-state index < -0.39 is 10.0 Å². The van der Waals surface area contributed by atoms with Gasteiger partial charge in [0.25, 0.3) is 10.0 Å². The number of hydrogen-bond acceptors (Lipinski definition) is 6. The maximum Gasteiger partial charge on any atom is 0.409 e. The number of fused-ring (bicyclic) bond motifs is 1. The van der Waals surface area contributed by atoms with E-state index in [-0.39, 0.29) is 28.7 Å². The third-order valence-corrected chi connectivity index (χ3v) is 9.04. The van der Waals surface area contributed by atoms with Gasteiger partial charge in [-0.25, -0.2) is 13.2 Å². The second-order valence-corrected chi connectivity index (χ2v) is 12.0. The van der Waals surface area contributed by atoms with Crippen LogP contribution in [-0.4, -0.2) is 64.5 Å². The van der Waals surface area contributed by atoms with E-state index in [1.807, 2.05) is 38.1 Å². The van der Waals surface area contributed by atoms with Crippen molar-refractivity contribution in [3.8, 4) is 0 Å². The summed E-state index contributed by atoms with van der Waals surface area (Å²) in [4.78, 5) is 28.8. The number of amides is 1. The van der Waals surface area contributed by atoms with E-state index in [2.05, 4.69) is 11.8 Å². The molecule has 0 bridgehead atoms. The molecule has 1 fully saturated rings. The molecular weight excluding hydrogens is 490 g/mol. The summed E-state index contributed by atoms with van der Waals surface area (Å²) >= 11 is 0. The standard InChI is InChI=1S/C28H37N3O5S/c1-5-21-6-8-23(9-7-21)31(19-20(2)3)37(34,35)24-10-11-26-25(18-24)27(32)14-17-30(26)22-12-15-29(16-13-22)28(33)36-4/h6-11,18,20,22H,5,12-17,19H2,1-4H3. The molecule has 0 atom stereocenters. The highest BCUT2D eigenvalue weighted by Crippen LogP contribution is 2.35. The number of piperidine rings is 1. The number of anilines is 2.